The minimum Gasteiger partial charge on any atom is -0.441 e. The molecule has 0 saturated heterocycles. The van der Waals surface area contributed by atoms with Crippen LogP contribution in [0.15, 0.2) is 22.6 Å². The van der Waals surface area contributed by atoms with Crippen LogP contribution < -0.4 is 0 Å². The summed E-state index contributed by atoms with van der Waals surface area (Å²) in [5, 5.41) is 8.44. The minimum atomic E-state index is 0.607. The Morgan fingerprint density at radius 1 is 1.47 bits per heavy atom. The predicted molar refractivity (Wildman–Crippen MR) is 57.3 cm³/mol. The second kappa shape index (κ2) is 4.14. The molecule has 0 bridgehead atoms. The fourth-order valence-electron chi connectivity index (χ4n) is 1.62. The summed E-state index contributed by atoms with van der Waals surface area (Å²) in [6, 6.07) is 8.15. The zero-order chi connectivity index (χ0) is 10.7. The first-order valence-electron chi connectivity index (χ1n) is 5.02. The van der Waals surface area contributed by atoms with E-state index >= 15 is 0 Å². The highest BCUT2D eigenvalue weighted by Gasteiger charge is 2.02. The summed E-state index contributed by atoms with van der Waals surface area (Å²) in [6.45, 7) is 1.84. The largest absolute Gasteiger partial charge is 0.441 e. The highest BCUT2D eigenvalue weighted by Crippen LogP contribution is 2.17. The maximum absolute atomic E-state index is 8.44. The molecule has 1 aromatic heterocycles. The third-order valence-corrected chi connectivity index (χ3v) is 2.31. The van der Waals surface area contributed by atoms with E-state index in [0.717, 1.165) is 23.9 Å². The Morgan fingerprint density at radius 2 is 2.33 bits per heavy atom. The highest BCUT2D eigenvalue weighted by molar-refractivity contribution is 5.73. The zero-order valence-corrected chi connectivity index (χ0v) is 8.66. The Hall–Kier alpha value is -1.82. The van der Waals surface area contributed by atoms with Crippen LogP contribution >= 0.6 is 0 Å². The summed E-state index contributed by atoms with van der Waals surface area (Å²) < 4.78 is 5.39. The second-order valence-corrected chi connectivity index (χ2v) is 3.55. The molecule has 0 fully saturated rings. The lowest BCUT2D eigenvalue weighted by Crippen LogP contribution is -1.84. The number of unbranched alkanes of at least 4 members (excludes halogenated alkanes) is 1. The van der Waals surface area contributed by atoms with Gasteiger partial charge in [-0.25, -0.2) is 4.98 Å². The number of aromatic nitrogens is 1. The highest BCUT2D eigenvalue weighted by atomic mass is 16.3. The van der Waals surface area contributed by atoms with E-state index in [9.17, 15) is 0 Å². The zero-order valence-electron chi connectivity index (χ0n) is 8.66. The van der Waals surface area contributed by atoms with Crippen LogP contribution in [-0.2, 0) is 6.42 Å². The Balaban J connectivity index is 2.19. The fraction of sp³-hybridized carbons (Fsp3) is 0.333. The summed E-state index contributed by atoms with van der Waals surface area (Å²) in [6.07, 6.45) is 2.43. The van der Waals surface area contributed by atoms with Gasteiger partial charge in [0.1, 0.15) is 5.52 Å². The normalized spacial score (nSPS) is 10.4. The molecule has 3 heteroatoms. The molecule has 0 spiro atoms. The van der Waals surface area contributed by atoms with E-state index in [1.165, 1.54) is 5.56 Å². The van der Waals surface area contributed by atoms with Gasteiger partial charge >= 0.3 is 0 Å². The Labute approximate surface area is 88.3 Å². The molecule has 3 nitrogen and oxygen atoms in total. The van der Waals surface area contributed by atoms with Gasteiger partial charge in [-0.1, -0.05) is 6.07 Å². The van der Waals surface area contributed by atoms with Crippen LogP contribution in [0.25, 0.3) is 11.1 Å². The van der Waals surface area contributed by atoms with Gasteiger partial charge in [-0.15, -0.1) is 0 Å². The molecule has 15 heavy (non-hydrogen) atoms. The van der Waals surface area contributed by atoms with Crippen molar-refractivity contribution in [2.45, 2.75) is 26.2 Å². The molecule has 2 rings (SSSR count). The van der Waals surface area contributed by atoms with Crippen molar-refractivity contribution in [3.05, 3.63) is 29.7 Å². The number of nitrogens with zero attached hydrogens (tertiary/aromatic N) is 2. The smallest absolute Gasteiger partial charge is 0.192 e. The molecule has 1 aromatic carbocycles. The van der Waals surface area contributed by atoms with Gasteiger partial charge in [0.2, 0.25) is 0 Å². The minimum absolute atomic E-state index is 0.607. The van der Waals surface area contributed by atoms with Crippen LogP contribution in [0.4, 0.5) is 0 Å². The van der Waals surface area contributed by atoms with Gasteiger partial charge in [0.05, 0.1) is 6.07 Å². The third-order valence-electron chi connectivity index (χ3n) is 2.31. The van der Waals surface area contributed by atoms with E-state index in [-0.39, 0.29) is 0 Å². The van der Waals surface area contributed by atoms with E-state index < -0.39 is 0 Å². The van der Waals surface area contributed by atoms with Crippen LogP contribution in [0.5, 0.6) is 0 Å². The molecule has 76 valence electrons. The first-order chi connectivity index (χ1) is 7.29. The fourth-order valence-corrected chi connectivity index (χ4v) is 1.62. The van der Waals surface area contributed by atoms with Crippen LogP contribution in [-0.4, -0.2) is 4.98 Å². The van der Waals surface area contributed by atoms with Gasteiger partial charge in [-0.2, -0.15) is 5.26 Å². The summed E-state index contributed by atoms with van der Waals surface area (Å²) >= 11 is 0. The molecule has 0 aliphatic heterocycles. The van der Waals surface area contributed by atoms with Crippen molar-refractivity contribution in [1.29, 1.82) is 5.26 Å². The topological polar surface area (TPSA) is 49.8 Å². The summed E-state index contributed by atoms with van der Waals surface area (Å²) in [7, 11) is 0. The average Bonchev–Trinajstić information content (AvgIpc) is 2.57. The molecule has 0 unspecified atom stereocenters. The molecule has 0 saturated carbocycles. The maximum Gasteiger partial charge on any atom is 0.192 e. The van der Waals surface area contributed by atoms with Crippen molar-refractivity contribution >= 4 is 11.1 Å². The second-order valence-electron chi connectivity index (χ2n) is 3.55. The van der Waals surface area contributed by atoms with Crippen LogP contribution in [0.3, 0.4) is 0 Å². The number of nitriles is 1. The van der Waals surface area contributed by atoms with Gasteiger partial charge in [-0.3, -0.25) is 0 Å². The Morgan fingerprint density at radius 3 is 3.13 bits per heavy atom. The van der Waals surface area contributed by atoms with E-state index in [1.807, 2.05) is 25.1 Å². The summed E-state index contributed by atoms with van der Waals surface area (Å²) in [5.74, 6) is 0.694. The van der Waals surface area contributed by atoms with E-state index in [2.05, 4.69) is 11.1 Å². The molecule has 0 aliphatic rings. The lowest BCUT2D eigenvalue weighted by Gasteiger charge is -1.97. The number of rotatable bonds is 3. The Kier molecular flexibility index (Phi) is 2.68. The van der Waals surface area contributed by atoms with Gasteiger partial charge in [0.15, 0.2) is 11.5 Å². The molecule has 2 aromatic rings. The average molecular weight is 200 g/mol. The van der Waals surface area contributed by atoms with Crippen molar-refractivity contribution in [3.63, 3.8) is 0 Å². The van der Waals surface area contributed by atoms with Gasteiger partial charge in [0, 0.05) is 13.3 Å². The number of aryl methyl sites for hydroxylation is 2. The molecular weight excluding hydrogens is 188 g/mol. The molecular formula is C12H12N2O. The van der Waals surface area contributed by atoms with Crippen molar-refractivity contribution in [3.8, 4) is 6.07 Å². The first-order valence-corrected chi connectivity index (χ1v) is 5.02. The van der Waals surface area contributed by atoms with Crippen molar-refractivity contribution < 1.29 is 4.42 Å². The SMILES string of the molecule is Cc1nc2cc(CCCC#N)ccc2o1. The number of hydrogen-bond donors (Lipinski definition) is 0. The summed E-state index contributed by atoms with van der Waals surface area (Å²) in [4.78, 5) is 4.27. The van der Waals surface area contributed by atoms with Crippen molar-refractivity contribution in [2.75, 3.05) is 0 Å². The number of hydrogen-bond acceptors (Lipinski definition) is 3. The Bertz CT molecular complexity index is 508. The standard InChI is InChI=1S/C12H12N2O/c1-9-14-11-8-10(4-2-3-7-13)5-6-12(11)15-9/h5-6,8H,2-4H2,1H3. The number of fused-ring (bicyclic) bond motifs is 1. The van der Waals surface area contributed by atoms with E-state index in [0.29, 0.717) is 12.3 Å². The third kappa shape index (κ3) is 2.16. The number of benzene rings is 1. The van der Waals surface area contributed by atoms with Crippen LogP contribution in [0, 0.1) is 18.3 Å². The molecule has 1 heterocycles. The first kappa shape index (κ1) is 9.72. The lowest BCUT2D eigenvalue weighted by molar-refractivity contribution is 0.561. The van der Waals surface area contributed by atoms with E-state index in [4.69, 9.17) is 9.68 Å². The van der Waals surface area contributed by atoms with Crippen molar-refractivity contribution in [1.82, 2.24) is 4.98 Å². The molecule has 0 aliphatic carbocycles. The molecule has 0 amide bonds. The predicted octanol–water partition coefficient (Wildman–Crippen LogP) is 2.98. The van der Waals surface area contributed by atoms with Gasteiger partial charge in [-0.05, 0) is 30.5 Å². The maximum atomic E-state index is 8.44. The van der Waals surface area contributed by atoms with Gasteiger partial charge in [0.25, 0.3) is 0 Å². The van der Waals surface area contributed by atoms with Crippen LogP contribution in [0.2, 0.25) is 0 Å². The summed E-state index contributed by atoms with van der Waals surface area (Å²) in [5.41, 5.74) is 2.95. The molecule has 0 atom stereocenters. The van der Waals surface area contributed by atoms with E-state index in [1.54, 1.807) is 0 Å². The lowest BCUT2D eigenvalue weighted by atomic mass is 10.1. The quantitative estimate of drug-likeness (QED) is 0.715. The van der Waals surface area contributed by atoms with Crippen molar-refractivity contribution in [2.24, 2.45) is 0 Å². The van der Waals surface area contributed by atoms with Gasteiger partial charge < -0.3 is 4.42 Å². The monoisotopic (exact) mass is 200 g/mol. The van der Waals surface area contributed by atoms with Crippen LogP contribution in [0.1, 0.15) is 24.3 Å². The number of oxazole rings is 1. The molecule has 0 N–H and O–H groups in total. The molecule has 0 radical (unpaired) electrons.